The summed E-state index contributed by atoms with van der Waals surface area (Å²) in [6, 6.07) is 3.87. The SMILES string of the molecule is C\C=C/C(OC)=C(C)/C=C1\C(=O)Nc2ccc3nc4c(nc3c21)CCCC4. The molecule has 27 heavy (non-hydrogen) atoms. The van der Waals surface area contributed by atoms with E-state index in [1.165, 1.54) is 0 Å². The van der Waals surface area contributed by atoms with E-state index in [-0.39, 0.29) is 5.91 Å². The minimum Gasteiger partial charge on any atom is -0.497 e. The average Bonchev–Trinajstić information content (AvgIpc) is 3.00. The number of carbonyl (C=O) groups is 1. The first kappa shape index (κ1) is 17.5. The van der Waals surface area contributed by atoms with Gasteiger partial charge in [-0.05, 0) is 69.4 Å². The standard InChI is InChI=1S/C22H23N3O2/c1-4-7-19(27-3)13(2)12-14-20-17(25-22(14)26)10-11-18-21(20)24-16-9-6-5-8-15(16)23-18/h4,7,10-12H,5-6,8-9H2,1-3H3,(H,25,26)/b7-4-,14-12-,19-13-. The van der Waals surface area contributed by atoms with Crippen LogP contribution in [0, 0.1) is 0 Å². The zero-order valence-electron chi connectivity index (χ0n) is 15.9. The molecule has 138 valence electrons. The Labute approximate surface area is 158 Å². The Morgan fingerprint density at radius 2 is 1.93 bits per heavy atom. The van der Waals surface area contributed by atoms with Gasteiger partial charge in [0.25, 0.3) is 5.91 Å². The zero-order valence-corrected chi connectivity index (χ0v) is 15.9. The van der Waals surface area contributed by atoms with Gasteiger partial charge in [0.15, 0.2) is 0 Å². The van der Waals surface area contributed by atoms with Crippen molar-refractivity contribution in [2.75, 3.05) is 12.4 Å². The summed E-state index contributed by atoms with van der Waals surface area (Å²) in [6.45, 7) is 3.87. The second-order valence-electron chi connectivity index (χ2n) is 6.94. The second-order valence-corrected chi connectivity index (χ2v) is 6.94. The molecule has 0 spiro atoms. The van der Waals surface area contributed by atoms with Crippen molar-refractivity contribution in [1.29, 1.82) is 0 Å². The van der Waals surface area contributed by atoms with Crippen LogP contribution in [0.1, 0.15) is 43.6 Å². The van der Waals surface area contributed by atoms with E-state index >= 15 is 0 Å². The highest BCUT2D eigenvalue weighted by Gasteiger charge is 2.28. The Kier molecular flexibility index (Phi) is 4.52. The zero-order chi connectivity index (χ0) is 19.0. The van der Waals surface area contributed by atoms with Crippen molar-refractivity contribution in [1.82, 2.24) is 9.97 Å². The lowest BCUT2D eigenvalue weighted by Crippen LogP contribution is -2.08. The van der Waals surface area contributed by atoms with Crippen LogP contribution in [0.3, 0.4) is 0 Å². The number of nitrogens with one attached hydrogen (secondary N) is 1. The lowest BCUT2D eigenvalue weighted by Gasteiger charge is -2.15. The van der Waals surface area contributed by atoms with Crippen LogP contribution in [0.4, 0.5) is 5.69 Å². The molecule has 0 saturated carbocycles. The number of nitrogens with zero attached hydrogens (tertiary/aromatic N) is 2. The van der Waals surface area contributed by atoms with Gasteiger partial charge in [0.2, 0.25) is 0 Å². The van der Waals surface area contributed by atoms with Crippen LogP contribution >= 0.6 is 0 Å². The van der Waals surface area contributed by atoms with Gasteiger partial charge in [-0.2, -0.15) is 0 Å². The van der Waals surface area contributed by atoms with Crippen molar-refractivity contribution in [3.8, 4) is 0 Å². The van der Waals surface area contributed by atoms with Crippen LogP contribution < -0.4 is 5.32 Å². The number of ether oxygens (including phenoxy) is 1. The van der Waals surface area contributed by atoms with Gasteiger partial charge in [-0.3, -0.25) is 4.79 Å². The fraction of sp³-hybridized carbons (Fsp3) is 0.318. The molecule has 1 amide bonds. The van der Waals surface area contributed by atoms with Crippen LogP contribution in [0.2, 0.25) is 0 Å². The molecule has 5 heteroatoms. The third kappa shape index (κ3) is 3.03. The average molecular weight is 361 g/mol. The summed E-state index contributed by atoms with van der Waals surface area (Å²) in [5.74, 6) is 0.613. The quantitative estimate of drug-likeness (QED) is 0.502. The number of fused-ring (bicyclic) bond motifs is 4. The molecule has 1 aromatic heterocycles. The highest BCUT2D eigenvalue weighted by atomic mass is 16.5. The van der Waals surface area contributed by atoms with Crippen molar-refractivity contribution < 1.29 is 9.53 Å². The van der Waals surface area contributed by atoms with Crippen molar-refractivity contribution in [2.24, 2.45) is 0 Å². The van der Waals surface area contributed by atoms with Gasteiger partial charge in [-0.1, -0.05) is 6.08 Å². The van der Waals surface area contributed by atoms with E-state index in [1.807, 2.05) is 44.2 Å². The van der Waals surface area contributed by atoms with Gasteiger partial charge in [0, 0.05) is 5.56 Å². The predicted octanol–water partition coefficient (Wildman–Crippen LogP) is 4.34. The molecule has 2 heterocycles. The van der Waals surface area contributed by atoms with E-state index < -0.39 is 0 Å². The van der Waals surface area contributed by atoms with Crippen molar-refractivity contribution in [3.05, 3.63) is 58.6 Å². The van der Waals surface area contributed by atoms with E-state index in [2.05, 4.69) is 5.32 Å². The van der Waals surface area contributed by atoms with E-state index in [4.69, 9.17) is 14.7 Å². The largest absolute Gasteiger partial charge is 0.497 e. The number of rotatable bonds is 3. The Hall–Kier alpha value is -2.95. The number of aromatic nitrogens is 2. The van der Waals surface area contributed by atoms with Crippen molar-refractivity contribution in [2.45, 2.75) is 39.5 Å². The lowest BCUT2D eigenvalue weighted by molar-refractivity contribution is -0.110. The summed E-state index contributed by atoms with van der Waals surface area (Å²) in [4.78, 5) is 22.4. The number of anilines is 1. The molecule has 0 bridgehead atoms. The monoisotopic (exact) mass is 361 g/mol. The summed E-state index contributed by atoms with van der Waals surface area (Å²) in [6.07, 6.45) is 9.92. The van der Waals surface area contributed by atoms with Gasteiger partial charge >= 0.3 is 0 Å². The first-order valence-corrected chi connectivity index (χ1v) is 9.36. The summed E-state index contributed by atoms with van der Waals surface area (Å²) in [7, 11) is 1.63. The number of amides is 1. The number of carbonyl (C=O) groups excluding carboxylic acids is 1. The number of hydrogen-bond donors (Lipinski definition) is 1. The van der Waals surface area contributed by atoms with Crippen LogP contribution in [-0.2, 0) is 22.4 Å². The highest BCUT2D eigenvalue weighted by molar-refractivity contribution is 6.34. The molecule has 0 atom stereocenters. The first-order valence-electron chi connectivity index (χ1n) is 9.36. The minimum absolute atomic E-state index is 0.118. The van der Waals surface area contributed by atoms with Gasteiger partial charge in [-0.25, -0.2) is 9.97 Å². The third-order valence-corrected chi connectivity index (χ3v) is 5.12. The lowest BCUT2D eigenvalue weighted by atomic mass is 9.98. The van der Waals surface area contributed by atoms with Crippen LogP contribution in [-0.4, -0.2) is 23.0 Å². The van der Waals surface area contributed by atoms with E-state index in [9.17, 15) is 4.79 Å². The van der Waals surface area contributed by atoms with Crippen LogP contribution in [0.15, 0.2) is 41.7 Å². The van der Waals surface area contributed by atoms with Gasteiger partial charge in [-0.15, -0.1) is 0 Å². The Morgan fingerprint density at radius 1 is 1.19 bits per heavy atom. The highest BCUT2D eigenvalue weighted by Crippen LogP contribution is 2.38. The van der Waals surface area contributed by atoms with Crippen LogP contribution in [0.25, 0.3) is 16.6 Å². The minimum atomic E-state index is -0.118. The summed E-state index contributed by atoms with van der Waals surface area (Å²) >= 11 is 0. The normalized spacial score (nSPS) is 18.5. The Balaban J connectivity index is 1.92. The van der Waals surface area contributed by atoms with E-state index in [1.54, 1.807) is 7.11 Å². The molecule has 0 unspecified atom stereocenters. The van der Waals surface area contributed by atoms with E-state index in [0.29, 0.717) is 5.57 Å². The predicted molar refractivity (Wildman–Crippen MR) is 107 cm³/mol. The maximum absolute atomic E-state index is 12.7. The molecule has 1 aliphatic carbocycles. The molecular formula is C22H23N3O2. The maximum atomic E-state index is 12.7. The van der Waals surface area contributed by atoms with Crippen molar-refractivity contribution in [3.63, 3.8) is 0 Å². The molecule has 0 saturated heterocycles. The number of benzene rings is 1. The van der Waals surface area contributed by atoms with Gasteiger partial charge < -0.3 is 10.1 Å². The fourth-order valence-corrected chi connectivity index (χ4v) is 3.80. The second kappa shape index (κ2) is 6.99. The summed E-state index contributed by atoms with van der Waals surface area (Å²) in [5, 5.41) is 2.96. The molecule has 2 aromatic rings. The number of methoxy groups -OCH3 is 1. The molecule has 5 nitrogen and oxygen atoms in total. The Morgan fingerprint density at radius 3 is 2.63 bits per heavy atom. The molecular weight excluding hydrogens is 338 g/mol. The number of aryl methyl sites for hydroxylation is 2. The molecule has 0 fully saturated rings. The fourth-order valence-electron chi connectivity index (χ4n) is 3.80. The van der Waals surface area contributed by atoms with Crippen LogP contribution in [0.5, 0.6) is 0 Å². The van der Waals surface area contributed by atoms with Crippen molar-refractivity contribution >= 4 is 28.2 Å². The third-order valence-electron chi connectivity index (χ3n) is 5.12. The topological polar surface area (TPSA) is 64.1 Å². The first-order chi connectivity index (χ1) is 13.1. The maximum Gasteiger partial charge on any atom is 0.256 e. The van der Waals surface area contributed by atoms with Gasteiger partial charge in [0.05, 0.1) is 40.8 Å². The number of allylic oxidation sites excluding steroid dienone is 4. The Bertz CT molecular complexity index is 1030. The van der Waals surface area contributed by atoms with Gasteiger partial charge in [0.1, 0.15) is 5.76 Å². The number of hydrogen-bond acceptors (Lipinski definition) is 4. The molecule has 1 N–H and O–H groups in total. The molecule has 2 aliphatic rings. The molecule has 1 aromatic carbocycles. The molecule has 0 radical (unpaired) electrons. The smallest absolute Gasteiger partial charge is 0.256 e. The molecule has 4 rings (SSSR count). The molecule has 1 aliphatic heterocycles. The summed E-state index contributed by atoms with van der Waals surface area (Å²) < 4.78 is 5.44. The summed E-state index contributed by atoms with van der Waals surface area (Å²) in [5.41, 5.74) is 6.94. The van der Waals surface area contributed by atoms with E-state index in [0.717, 1.165) is 70.7 Å².